The Kier molecular flexibility index (Phi) is 7.52. The van der Waals surface area contributed by atoms with E-state index < -0.39 is 11.9 Å². The number of carbonyl (C=O) groups excluding carboxylic acids is 3. The molecule has 2 aromatic rings. The molecule has 2 amide bonds. The number of nitrogens with zero attached hydrogens (tertiary/aromatic N) is 1. The van der Waals surface area contributed by atoms with Crippen LogP contribution in [0.25, 0.3) is 0 Å². The summed E-state index contributed by atoms with van der Waals surface area (Å²) in [5, 5.41) is 5.48. The van der Waals surface area contributed by atoms with Gasteiger partial charge >= 0.3 is 5.97 Å². The number of aromatic nitrogens is 1. The molecule has 0 spiro atoms. The number of hydrogen-bond donors (Lipinski definition) is 2. The van der Waals surface area contributed by atoms with Crippen LogP contribution < -0.4 is 16.2 Å². The first kappa shape index (κ1) is 22.9. The standard InChI is InChI=1S/C22H27N3O5/c1-6-30-22(29)16-8-7-9-17(11-16)24-21(28)20-14(4)10-19(27)25(15(20)5)12-18(26)23-13(2)3/h7-11,13H,6,12H2,1-5H3,(H,23,26)(H,24,28). The van der Waals surface area contributed by atoms with Gasteiger partial charge in [0.1, 0.15) is 6.54 Å². The lowest BCUT2D eigenvalue weighted by molar-refractivity contribution is -0.122. The topological polar surface area (TPSA) is 106 Å². The van der Waals surface area contributed by atoms with Gasteiger partial charge in [-0.1, -0.05) is 6.07 Å². The van der Waals surface area contributed by atoms with Crippen molar-refractivity contribution in [1.82, 2.24) is 9.88 Å². The van der Waals surface area contributed by atoms with Gasteiger partial charge in [-0.3, -0.25) is 14.4 Å². The third kappa shape index (κ3) is 5.56. The average Bonchev–Trinajstić information content (AvgIpc) is 2.64. The van der Waals surface area contributed by atoms with Gasteiger partial charge in [0, 0.05) is 23.5 Å². The highest BCUT2D eigenvalue weighted by molar-refractivity contribution is 6.06. The second-order valence-corrected chi connectivity index (χ2v) is 7.19. The van der Waals surface area contributed by atoms with Crippen LogP contribution in [-0.2, 0) is 16.1 Å². The molecule has 0 fully saturated rings. The molecule has 0 bridgehead atoms. The third-order valence-electron chi connectivity index (χ3n) is 4.38. The minimum Gasteiger partial charge on any atom is -0.462 e. The van der Waals surface area contributed by atoms with Gasteiger partial charge in [-0.15, -0.1) is 0 Å². The van der Waals surface area contributed by atoms with E-state index in [0.29, 0.717) is 28.1 Å². The number of anilines is 1. The van der Waals surface area contributed by atoms with E-state index in [2.05, 4.69) is 10.6 Å². The largest absolute Gasteiger partial charge is 0.462 e. The molecule has 0 atom stereocenters. The number of rotatable bonds is 7. The van der Waals surface area contributed by atoms with E-state index in [1.165, 1.54) is 16.7 Å². The molecule has 0 aliphatic carbocycles. The Morgan fingerprint density at radius 2 is 1.83 bits per heavy atom. The highest BCUT2D eigenvalue weighted by Crippen LogP contribution is 2.17. The number of amides is 2. The van der Waals surface area contributed by atoms with Crippen LogP contribution in [0.1, 0.15) is 52.7 Å². The molecular weight excluding hydrogens is 386 g/mol. The van der Waals surface area contributed by atoms with Crippen LogP contribution in [0.15, 0.2) is 35.1 Å². The molecule has 8 nitrogen and oxygen atoms in total. The van der Waals surface area contributed by atoms with Crippen LogP contribution in [-0.4, -0.2) is 35.0 Å². The summed E-state index contributed by atoms with van der Waals surface area (Å²) in [5.41, 5.74) is 1.56. The quantitative estimate of drug-likeness (QED) is 0.678. The van der Waals surface area contributed by atoms with Crippen LogP contribution in [0.4, 0.5) is 5.69 Å². The minimum atomic E-state index is -0.481. The van der Waals surface area contributed by atoms with Crippen molar-refractivity contribution >= 4 is 23.5 Å². The molecule has 2 N–H and O–H groups in total. The number of esters is 1. The summed E-state index contributed by atoms with van der Waals surface area (Å²) in [6, 6.07) is 7.67. The maximum absolute atomic E-state index is 12.9. The second kappa shape index (κ2) is 9.87. The Morgan fingerprint density at radius 3 is 2.47 bits per heavy atom. The van der Waals surface area contributed by atoms with Crippen LogP contribution in [0.2, 0.25) is 0 Å². The summed E-state index contributed by atoms with van der Waals surface area (Å²) in [6.45, 7) is 8.72. The Bertz CT molecular complexity index is 1020. The van der Waals surface area contributed by atoms with Gasteiger partial charge in [-0.05, 0) is 58.4 Å². The summed E-state index contributed by atoms with van der Waals surface area (Å²) in [7, 11) is 0. The maximum atomic E-state index is 12.9. The minimum absolute atomic E-state index is 0.0617. The van der Waals surface area contributed by atoms with E-state index in [1.54, 1.807) is 39.0 Å². The smallest absolute Gasteiger partial charge is 0.338 e. The predicted octanol–water partition coefficient (Wildman–Crippen LogP) is 2.42. The number of nitrogens with one attached hydrogen (secondary N) is 2. The molecule has 0 saturated heterocycles. The Balaban J connectivity index is 2.33. The molecule has 0 saturated carbocycles. The van der Waals surface area contributed by atoms with Gasteiger partial charge in [0.15, 0.2) is 0 Å². The summed E-state index contributed by atoms with van der Waals surface area (Å²) in [4.78, 5) is 49.4. The van der Waals surface area contributed by atoms with E-state index in [1.807, 2.05) is 13.8 Å². The van der Waals surface area contributed by atoms with Crippen molar-refractivity contribution in [3.63, 3.8) is 0 Å². The zero-order valence-corrected chi connectivity index (χ0v) is 17.9. The second-order valence-electron chi connectivity index (χ2n) is 7.19. The molecule has 8 heteroatoms. The molecule has 2 rings (SSSR count). The first-order valence-electron chi connectivity index (χ1n) is 9.73. The summed E-state index contributed by atoms with van der Waals surface area (Å²) in [5.74, 6) is -1.23. The number of hydrogen-bond acceptors (Lipinski definition) is 5. The average molecular weight is 413 g/mol. The molecular formula is C22H27N3O5. The molecule has 160 valence electrons. The Labute approximate surface area is 175 Å². The van der Waals surface area contributed by atoms with E-state index in [9.17, 15) is 19.2 Å². The van der Waals surface area contributed by atoms with E-state index in [-0.39, 0.29) is 30.7 Å². The number of benzene rings is 1. The molecule has 1 heterocycles. The fourth-order valence-electron chi connectivity index (χ4n) is 3.10. The number of ether oxygens (including phenoxy) is 1. The van der Waals surface area contributed by atoms with Crippen LogP contribution in [0, 0.1) is 13.8 Å². The van der Waals surface area contributed by atoms with Crippen molar-refractivity contribution in [1.29, 1.82) is 0 Å². The lowest BCUT2D eigenvalue weighted by Gasteiger charge is -2.17. The first-order chi connectivity index (χ1) is 14.1. The fraction of sp³-hybridized carbons (Fsp3) is 0.364. The molecule has 0 radical (unpaired) electrons. The van der Waals surface area contributed by atoms with E-state index in [0.717, 1.165) is 0 Å². The molecule has 0 unspecified atom stereocenters. The van der Waals surface area contributed by atoms with Crippen LogP contribution in [0.5, 0.6) is 0 Å². The van der Waals surface area contributed by atoms with Gasteiger partial charge in [-0.25, -0.2) is 4.79 Å². The van der Waals surface area contributed by atoms with Crippen molar-refractivity contribution in [3.05, 3.63) is 63.1 Å². The fourth-order valence-corrected chi connectivity index (χ4v) is 3.10. The zero-order valence-electron chi connectivity index (χ0n) is 17.9. The molecule has 0 aliphatic rings. The van der Waals surface area contributed by atoms with E-state index in [4.69, 9.17) is 4.74 Å². The van der Waals surface area contributed by atoms with Crippen LogP contribution in [0.3, 0.4) is 0 Å². The predicted molar refractivity (Wildman–Crippen MR) is 114 cm³/mol. The van der Waals surface area contributed by atoms with Gasteiger partial charge < -0.3 is 19.9 Å². The van der Waals surface area contributed by atoms with Gasteiger partial charge in [-0.2, -0.15) is 0 Å². The number of carbonyl (C=O) groups is 3. The SMILES string of the molecule is CCOC(=O)c1cccc(NC(=O)c2c(C)cc(=O)n(CC(=O)NC(C)C)c2C)c1. The van der Waals surface area contributed by atoms with Crippen molar-refractivity contribution in [2.75, 3.05) is 11.9 Å². The highest BCUT2D eigenvalue weighted by atomic mass is 16.5. The summed E-state index contributed by atoms with van der Waals surface area (Å²) in [6.07, 6.45) is 0. The Morgan fingerprint density at radius 1 is 1.13 bits per heavy atom. The van der Waals surface area contributed by atoms with Crippen molar-refractivity contribution in [2.45, 2.75) is 47.2 Å². The van der Waals surface area contributed by atoms with Crippen molar-refractivity contribution in [3.8, 4) is 0 Å². The monoisotopic (exact) mass is 413 g/mol. The maximum Gasteiger partial charge on any atom is 0.338 e. The molecule has 1 aromatic heterocycles. The van der Waals surface area contributed by atoms with Gasteiger partial charge in [0.05, 0.1) is 17.7 Å². The van der Waals surface area contributed by atoms with Gasteiger partial charge in [0.2, 0.25) is 5.91 Å². The zero-order chi connectivity index (χ0) is 22.4. The normalized spacial score (nSPS) is 10.6. The Hall–Kier alpha value is -3.42. The third-order valence-corrected chi connectivity index (χ3v) is 4.38. The van der Waals surface area contributed by atoms with Crippen molar-refractivity contribution < 1.29 is 19.1 Å². The number of aryl methyl sites for hydroxylation is 1. The van der Waals surface area contributed by atoms with E-state index >= 15 is 0 Å². The summed E-state index contributed by atoms with van der Waals surface area (Å²) < 4.78 is 6.25. The molecule has 1 aromatic carbocycles. The lowest BCUT2D eigenvalue weighted by Crippen LogP contribution is -2.37. The lowest BCUT2D eigenvalue weighted by atomic mass is 10.1. The molecule has 0 aliphatic heterocycles. The highest BCUT2D eigenvalue weighted by Gasteiger charge is 2.19. The summed E-state index contributed by atoms with van der Waals surface area (Å²) >= 11 is 0. The molecule has 30 heavy (non-hydrogen) atoms. The van der Waals surface area contributed by atoms with Gasteiger partial charge in [0.25, 0.3) is 11.5 Å². The van der Waals surface area contributed by atoms with Crippen LogP contribution >= 0.6 is 0 Å². The van der Waals surface area contributed by atoms with Crippen molar-refractivity contribution in [2.24, 2.45) is 0 Å². The first-order valence-corrected chi connectivity index (χ1v) is 9.73. The number of pyridine rings is 1.